The number of nitrogens with one attached hydrogen (secondary N) is 1. The lowest BCUT2D eigenvalue weighted by Crippen LogP contribution is -2.51. The number of aryl methyl sites for hydroxylation is 1. The second-order valence-corrected chi connectivity index (χ2v) is 11.5. The lowest BCUT2D eigenvalue weighted by molar-refractivity contribution is 0.0932. The summed E-state index contributed by atoms with van der Waals surface area (Å²) in [6, 6.07) is 1.88. The number of nitrogens with zero attached hydrogens (tertiary/aromatic N) is 5. The molecule has 5 heterocycles. The van der Waals surface area contributed by atoms with E-state index in [1.807, 2.05) is 19.9 Å². The summed E-state index contributed by atoms with van der Waals surface area (Å²) in [5.41, 5.74) is 8.47. The van der Waals surface area contributed by atoms with E-state index in [2.05, 4.69) is 15.2 Å². The molecule has 2 aliphatic heterocycles. The predicted molar refractivity (Wildman–Crippen MR) is 156 cm³/mol. The third-order valence-electron chi connectivity index (χ3n) is 7.70. The topological polar surface area (TPSA) is 140 Å². The second-order valence-electron chi connectivity index (χ2n) is 10.1. The molecule has 2 saturated heterocycles. The number of fused-ring (bicyclic) bond motifs is 1. The second kappa shape index (κ2) is 12.8. The number of halogens is 2. The molecule has 40 heavy (non-hydrogen) atoms. The largest absolute Gasteiger partial charge is 0.390 e. The molecule has 3 aromatic heterocycles. The minimum atomic E-state index is -0.300. The molecule has 2 fully saturated rings. The molecule has 2 atom stereocenters. The van der Waals surface area contributed by atoms with Crippen LogP contribution >= 0.6 is 35.8 Å². The third kappa shape index (κ3) is 5.89. The Balaban J connectivity index is 0.00000370. The van der Waals surface area contributed by atoms with Gasteiger partial charge in [-0.05, 0) is 32.8 Å². The van der Waals surface area contributed by atoms with Gasteiger partial charge >= 0.3 is 0 Å². The zero-order chi connectivity index (χ0) is 27.7. The Morgan fingerprint density at radius 3 is 2.75 bits per heavy atom. The van der Waals surface area contributed by atoms with Crippen LogP contribution in [0.3, 0.4) is 0 Å². The number of carbonyl (C=O) groups is 1. The zero-order valence-corrected chi connectivity index (χ0v) is 25.1. The highest BCUT2D eigenvalue weighted by Crippen LogP contribution is 2.42. The van der Waals surface area contributed by atoms with Crippen LogP contribution in [0.1, 0.15) is 41.6 Å². The van der Waals surface area contributed by atoms with Crippen LogP contribution in [-0.4, -0.2) is 82.5 Å². The molecule has 1 amide bonds. The summed E-state index contributed by atoms with van der Waals surface area (Å²) >= 11 is 8.07. The number of hydrogen-bond acceptors (Lipinski definition) is 10. The van der Waals surface area contributed by atoms with E-state index in [4.69, 9.17) is 36.8 Å². The SMILES string of the molecule is COCCNC(=O)c1cn2ccc(Sc3nc(CO)c(N4CCC5(CC4)CO[C@@H](C)[C@H]5N)nc3C)c(Cl)c2n1.Cl. The Morgan fingerprint density at radius 1 is 1.35 bits per heavy atom. The first-order valence-electron chi connectivity index (χ1n) is 13.0. The number of pyridine rings is 1. The van der Waals surface area contributed by atoms with Gasteiger partial charge in [-0.25, -0.2) is 15.0 Å². The summed E-state index contributed by atoms with van der Waals surface area (Å²) in [5, 5.41) is 14.0. The first-order valence-corrected chi connectivity index (χ1v) is 14.2. The summed E-state index contributed by atoms with van der Waals surface area (Å²) in [6.45, 7) is 6.76. The predicted octanol–water partition coefficient (Wildman–Crippen LogP) is 2.86. The van der Waals surface area contributed by atoms with E-state index < -0.39 is 0 Å². The van der Waals surface area contributed by atoms with Crippen LogP contribution in [0.15, 0.2) is 28.4 Å². The highest BCUT2D eigenvalue weighted by Gasteiger charge is 2.47. The standard InChI is InChI=1S/C26H34ClN7O4S.ClH/c1-15-25(39-19-4-8-34-12-17(31-23(34)20(19)27)24(36)29-7-11-37-3)32-18(13-35)22(30-15)33-9-5-26(6-10-33)14-38-16(2)21(26)28;/h4,8,12,16,21,35H,5-7,9-11,13-14,28H2,1-3H3,(H,29,36);1H/t16-,21+;/m0./s1. The van der Waals surface area contributed by atoms with Gasteiger partial charge in [0.05, 0.1) is 36.6 Å². The van der Waals surface area contributed by atoms with Gasteiger partial charge in [0.2, 0.25) is 0 Å². The highest BCUT2D eigenvalue weighted by atomic mass is 35.5. The van der Waals surface area contributed by atoms with Gasteiger partial charge in [0, 0.05) is 55.5 Å². The molecule has 0 aromatic carbocycles. The van der Waals surface area contributed by atoms with Gasteiger partial charge in [0.15, 0.2) is 11.5 Å². The molecule has 218 valence electrons. The molecule has 4 N–H and O–H groups in total. The van der Waals surface area contributed by atoms with Crippen molar-refractivity contribution in [2.45, 2.75) is 55.4 Å². The van der Waals surface area contributed by atoms with E-state index in [9.17, 15) is 9.90 Å². The number of rotatable bonds is 8. The quantitative estimate of drug-likeness (QED) is 0.326. The van der Waals surface area contributed by atoms with Crippen LogP contribution in [0, 0.1) is 12.3 Å². The number of amides is 1. The van der Waals surface area contributed by atoms with Crippen LogP contribution in [0.4, 0.5) is 5.82 Å². The number of carbonyl (C=O) groups excluding carboxylic acids is 1. The van der Waals surface area contributed by atoms with Crippen LogP contribution in [0.25, 0.3) is 5.65 Å². The average molecular weight is 613 g/mol. The summed E-state index contributed by atoms with van der Waals surface area (Å²) in [7, 11) is 1.57. The van der Waals surface area contributed by atoms with Crippen LogP contribution in [0.5, 0.6) is 0 Å². The number of ether oxygens (including phenoxy) is 2. The molecule has 1 spiro atoms. The molecule has 0 saturated carbocycles. The fourth-order valence-electron chi connectivity index (χ4n) is 5.27. The molecule has 11 nitrogen and oxygen atoms in total. The number of anilines is 1. The van der Waals surface area contributed by atoms with Crippen molar-refractivity contribution in [3.05, 3.63) is 40.6 Å². The van der Waals surface area contributed by atoms with Crippen molar-refractivity contribution >= 4 is 53.1 Å². The van der Waals surface area contributed by atoms with Crippen LogP contribution in [0.2, 0.25) is 5.02 Å². The molecular formula is C26H35Cl2N7O4S. The Hall–Kier alpha value is -2.19. The monoisotopic (exact) mass is 611 g/mol. The van der Waals surface area contributed by atoms with E-state index in [0.29, 0.717) is 47.0 Å². The maximum absolute atomic E-state index is 12.4. The number of piperidine rings is 1. The summed E-state index contributed by atoms with van der Waals surface area (Å²) < 4.78 is 12.5. The fourth-order valence-corrected chi connectivity index (χ4v) is 6.45. The normalized spacial score (nSPS) is 20.2. The third-order valence-corrected chi connectivity index (χ3v) is 9.32. The number of nitrogens with two attached hydrogens (primary N) is 1. The maximum atomic E-state index is 12.4. The van der Waals surface area contributed by atoms with Gasteiger partial charge in [-0.1, -0.05) is 23.4 Å². The van der Waals surface area contributed by atoms with E-state index in [0.717, 1.165) is 36.5 Å². The van der Waals surface area contributed by atoms with Crippen molar-refractivity contribution in [2.75, 3.05) is 44.9 Å². The van der Waals surface area contributed by atoms with Crippen molar-refractivity contribution in [1.82, 2.24) is 24.7 Å². The van der Waals surface area contributed by atoms with Gasteiger partial charge in [-0.2, -0.15) is 0 Å². The van der Waals surface area contributed by atoms with Gasteiger partial charge in [-0.3, -0.25) is 4.79 Å². The van der Waals surface area contributed by atoms with Crippen molar-refractivity contribution in [1.29, 1.82) is 0 Å². The number of aliphatic hydroxyl groups is 1. The minimum Gasteiger partial charge on any atom is -0.390 e. The Morgan fingerprint density at radius 2 is 2.10 bits per heavy atom. The van der Waals surface area contributed by atoms with Crippen molar-refractivity contribution in [2.24, 2.45) is 11.1 Å². The molecule has 0 unspecified atom stereocenters. The molecule has 0 aliphatic carbocycles. The Bertz CT molecular complexity index is 1370. The molecule has 14 heteroatoms. The van der Waals surface area contributed by atoms with Crippen molar-refractivity contribution < 1.29 is 19.4 Å². The lowest BCUT2D eigenvalue weighted by atomic mass is 9.73. The summed E-state index contributed by atoms with van der Waals surface area (Å²) in [5.74, 6) is 0.403. The van der Waals surface area contributed by atoms with E-state index in [1.54, 1.807) is 23.9 Å². The lowest BCUT2D eigenvalue weighted by Gasteiger charge is -2.42. The maximum Gasteiger partial charge on any atom is 0.271 e. The molecule has 3 aromatic rings. The van der Waals surface area contributed by atoms with Gasteiger partial charge in [0.1, 0.15) is 16.4 Å². The van der Waals surface area contributed by atoms with Gasteiger partial charge < -0.3 is 34.9 Å². The molecule has 2 aliphatic rings. The fraction of sp³-hybridized carbons (Fsp3) is 0.538. The van der Waals surface area contributed by atoms with E-state index in [-0.39, 0.29) is 48.2 Å². The van der Waals surface area contributed by atoms with Crippen LogP contribution in [-0.2, 0) is 16.1 Å². The number of hydrogen-bond donors (Lipinski definition) is 3. The van der Waals surface area contributed by atoms with E-state index >= 15 is 0 Å². The van der Waals surface area contributed by atoms with E-state index in [1.165, 1.54) is 11.8 Å². The number of aliphatic hydroxyl groups excluding tert-OH is 1. The molecule has 0 radical (unpaired) electrons. The number of aromatic nitrogens is 4. The van der Waals surface area contributed by atoms with Gasteiger partial charge in [-0.15, -0.1) is 12.4 Å². The summed E-state index contributed by atoms with van der Waals surface area (Å²) in [4.78, 5) is 29.4. The van der Waals surface area contributed by atoms with Crippen LogP contribution < -0.4 is 16.0 Å². The van der Waals surface area contributed by atoms with Gasteiger partial charge in [0.25, 0.3) is 5.91 Å². The zero-order valence-electron chi connectivity index (χ0n) is 22.7. The first kappa shape index (κ1) is 30.8. The first-order chi connectivity index (χ1) is 18.8. The number of methoxy groups -OCH3 is 1. The Kier molecular flexibility index (Phi) is 9.82. The smallest absolute Gasteiger partial charge is 0.271 e. The summed E-state index contributed by atoms with van der Waals surface area (Å²) in [6.07, 6.45) is 5.32. The molecule has 5 rings (SSSR count). The molecular weight excluding hydrogens is 577 g/mol. The van der Waals surface area contributed by atoms with Crippen molar-refractivity contribution in [3.8, 4) is 0 Å². The van der Waals surface area contributed by atoms with Crippen molar-refractivity contribution in [3.63, 3.8) is 0 Å². The molecule has 0 bridgehead atoms. The average Bonchev–Trinajstić information content (AvgIpc) is 3.50. The highest BCUT2D eigenvalue weighted by molar-refractivity contribution is 7.99. The number of imidazole rings is 1. The minimum absolute atomic E-state index is 0. The Labute approximate surface area is 248 Å².